The predicted octanol–water partition coefficient (Wildman–Crippen LogP) is 6.87. The van der Waals surface area contributed by atoms with Crippen molar-refractivity contribution in [3.63, 3.8) is 0 Å². The number of benzene rings is 4. The van der Waals surface area contributed by atoms with Gasteiger partial charge in [-0.15, -0.1) is 0 Å². The fraction of sp³-hybridized carbons (Fsp3) is 0.0625. The summed E-state index contributed by atoms with van der Waals surface area (Å²) in [5.41, 5.74) is 5.99. The Balaban J connectivity index is 1.51. The summed E-state index contributed by atoms with van der Waals surface area (Å²) in [6.45, 7) is 2.80. The van der Waals surface area contributed by atoms with E-state index in [9.17, 15) is 4.79 Å². The van der Waals surface area contributed by atoms with Crippen molar-refractivity contribution in [1.29, 1.82) is 0 Å². The van der Waals surface area contributed by atoms with Gasteiger partial charge in [-0.3, -0.25) is 9.36 Å². The van der Waals surface area contributed by atoms with E-state index in [2.05, 4.69) is 65.4 Å². The Hall–Kier alpha value is -4.70. The van der Waals surface area contributed by atoms with Gasteiger partial charge in [0.15, 0.2) is 0 Å². The third-order valence-electron chi connectivity index (χ3n) is 6.59. The molecule has 0 N–H and O–H groups in total. The van der Waals surface area contributed by atoms with Crippen LogP contribution in [0.1, 0.15) is 22.5 Å². The Morgan fingerprint density at radius 3 is 2.28 bits per heavy atom. The maximum atomic E-state index is 13.6. The number of nitrogens with zero attached hydrogens (tertiary/aromatic N) is 3. The molecular weight excluding hydrogens is 442 g/mol. The van der Waals surface area contributed by atoms with Crippen LogP contribution < -0.4 is 5.56 Å². The number of rotatable bonds is 5. The van der Waals surface area contributed by atoms with Crippen molar-refractivity contribution in [2.24, 2.45) is 0 Å². The molecule has 2 aromatic heterocycles. The molecule has 0 spiro atoms. The highest BCUT2D eigenvalue weighted by Crippen LogP contribution is 2.25. The number of hydrogen-bond acceptors (Lipinski definition) is 2. The van der Waals surface area contributed by atoms with Crippen LogP contribution in [0.25, 0.3) is 39.6 Å². The number of aromatic nitrogens is 3. The Labute approximate surface area is 209 Å². The lowest BCUT2D eigenvalue weighted by molar-refractivity contribution is 0.836. The van der Waals surface area contributed by atoms with E-state index >= 15 is 0 Å². The van der Waals surface area contributed by atoms with Gasteiger partial charge < -0.3 is 4.57 Å². The highest BCUT2D eigenvalue weighted by Gasteiger charge is 2.13. The van der Waals surface area contributed by atoms with Gasteiger partial charge in [0.1, 0.15) is 5.82 Å². The van der Waals surface area contributed by atoms with Crippen molar-refractivity contribution in [2.75, 3.05) is 0 Å². The smallest absolute Gasteiger partial charge is 0.266 e. The van der Waals surface area contributed by atoms with Crippen LogP contribution in [0.4, 0.5) is 0 Å². The molecule has 0 saturated heterocycles. The standard InChI is InChI=1S/C32H25N3O/c1-23-11-5-9-17-29(23)35-31(33-28-16-8-6-15-27(28)32(35)36)20-19-25-22-34(21-24-12-3-2-4-13-24)30-18-10-7-14-26(25)30/h2-20,22H,21H2,1H3/b20-19-. The number of para-hydroxylation sites is 3. The molecule has 4 heteroatoms. The van der Waals surface area contributed by atoms with Crippen LogP contribution in [0, 0.1) is 6.92 Å². The summed E-state index contributed by atoms with van der Waals surface area (Å²) in [4.78, 5) is 18.5. The normalized spacial score (nSPS) is 11.6. The number of aryl methyl sites for hydroxylation is 1. The van der Waals surface area contributed by atoms with Gasteiger partial charge in [-0.1, -0.05) is 78.9 Å². The van der Waals surface area contributed by atoms with Gasteiger partial charge in [-0.2, -0.15) is 0 Å². The van der Waals surface area contributed by atoms with Gasteiger partial charge in [-0.05, 0) is 54.5 Å². The average Bonchev–Trinajstić information content (AvgIpc) is 3.26. The van der Waals surface area contributed by atoms with E-state index in [1.54, 1.807) is 4.57 Å². The Morgan fingerprint density at radius 2 is 1.44 bits per heavy atom. The fourth-order valence-corrected chi connectivity index (χ4v) is 4.79. The summed E-state index contributed by atoms with van der Waals surface area (Å²) in [5.74, 6) is 0.605. The minimum Gasteiger partial charge on any atom is -0.342 e. The second kappa shape index (κ2) is 9.16. The second-order valence-electron chi connectivity index (χ2n) is 8.96. The van der Waals surface area contributed by atoms with Crippen molar-refractivity contribution in [3.8, 4) is 5.69 Å². The molecule has 4 nitrogen and oxygen atoms in total. The molecule has 0 aliphatic carbocycles. The van der Waals surface area contributed by atoms with E-state index in [-0.39, 0.29) is 5.56 Å². The molecular formula is C32H25N3O. The van der Waals surface area contributed by atoms with E-state index in [0.29, 0.717) is 16.7 Å². The van der Waals surface area contributed by atoms with Crippen LogP contribution in [0.15, 0.2) is 114 Å². The molecule has 0 aliphatic heterocycles. The zero-order valence-electron chi connectivity index (χ0n) is 20.0. The molecule has 6 rings (SSSR count). The van der Waals surface area contributed by atoms with Crippen molar-refractivity contribution >= 4 is 34.0 Å². The summed E-state index contributed by atoms with van der Waals surface area (Å²) < 4.78 is 3.99. The largest absolute Gasteiger partial charge is 0.342 e. The van der Waals surface area contributed by atoms with Crippen LogP contribution in [-0.2, 0) is 6.54 Å². The molecule has 0 aliphatic rings. The first-order valence-corrected chi connectivity index (χ1v) is 12.1. The van der Waals surface area contributed by atoms with E-state index in [1.807, 2.05) is 67.6 Å². The SMILES string of the molecule is Cc1ccccc1-n1c(/C=C\c2cn(Cc3ccccc3)c3ccccc23)nc2ccccc2c1=O. The monoisotopic (exact) mass is 467 g/mol. The molecule has 36 heavy (non-hydrogen) atoms. The average molecular weight is 468 g/mol. The fourth-order valence-electron chi connectivity index (χ4n) is 4.79. The minimum absolute atomic E-state index is 0.0685. The van der Waals surface area contributed by atoms with E-state index < -0.39 is 0 Å². The van der Waals surface area contributed by atoms with Crippen molar-refractivity contribution < 1.29 is 0 Å². The second-order valence-corrected chi connectivity index (χ2v) is 8.96. The summed E-state index contributed by atoms with van der Waals surface area (Å²) in [6, 6.07) is 34.3. The first-order valence-electron chi connectivity index (χ1n) is 12.1. The first-order chi connectivity index (χ1) is 17.7. The molecule has 0 saturated carbocycles. The lowest BCUT2D eigenvalue weighted by atomic mass is 10.1. The molecule has 0 amide bonds. The predicted molar refractivity (Wildman–Crippen MR) is 148 cm³/mol. The van der Waals surface area contributed by atoms with E-state index in [0.717, 1.165) is 28.7 Å². The summed E-state index contributed by atoms with van der Waals surface area (Å²) >= 11 is 0. The van der Waals surface area contributed by atoms with Crippen molar-refractivity contribution in [2.45, 2.75) is 13.5 Å². The van der Waals surface area contributed by atoms with Gasteiger partial charge >= 0.3 is 0 Å². The molecule has 0 unspecified atom stereocenters. The molecule has 6 aromatic rings. The Bertz CT molecular complexity index is 1790. The maximum Gasteiger partial charge on any atom is 0.266 e. The van der Waals surface area contributed by atoms with Gasteiger partial charge in [0.2, 0.25) is 0 Å². The molecule has 0 radical (unpaired) electrons. The van der Waals surface area contributed by atoms with Crippen LogP contribution in [0.2, 0.25) is 0 Å². The molecule has 0 fully saturated rings. The van der Waals surface area contributed by atoms with Crippen molar-refractivity contribution in [1.82, 2.24) is 14.1 Å². The van der Waals surface area contributed by atoms with Gasteiger partial charge in [0.25, 0.3) is 5.56 Å². The van der Waals surface area contributed by atoms with Crippen LogP contribution in [0.5, 0.6) is 0 Å². The molecule has 0 bridgehead atoms. The summed E-state index contributed by atoms with van der Waals surface area (Å²) in [5, 5.41) is 1.77. The molecule has 174 valence electrons. The van der Waals surface area contributed by atoms with Crippen LogP contribution in [0.3, 0.4) is 0 Å². The Kier molecular flexibility index (Phi) is 5.55. The van der Waals surface area contributed by atoms with Crippen LogP contribution >= 0.6 is 0 Å². The number of hydrogen-bond donors (Lipinski definition) is 0. The van der Waals surface area contributed by atoms with E-state index in [1.165, 1.54) is 11.1 Å². The topological polar surface area (TPSA) is 39.8 Å². The highest BCUT2D eigenvalue weighted by atomic mass is 16.1. The maximum absolute atomic E-state index is 13.6. The first kappa shape index (κ1) is 21.8. The van der Waals surface area contributed by atoms with Gasteiger partial charge in [0, 0.05) is 29.2 Å². The lowest BCUT2D eigenvalue weighted by Gasteiger charge is -2.13. The third kappa shape index (κ3) is 3.93. The lowest BCUT2D eigenvalue weighted by Crippen LogP contribution is -2.23. The van der Waals surface area contributed by atoms with Gasteiger partial charge in [-0.25, -0.2) is 4.98 Å². The highest BCUT2D eigenvalue weighted by molar-refractivity contribution is 5.92. The van der Waals surface area contributed by atoms with Crippen molar-refractivity contribution in [3.05, 3.63) is 142 Å². The molecule has 2 heterocycles. The minimum atomic E-state index is -0.0685. The van der Waals surface area contributed by atoms with Gasteiger partial charge in [0.05, 0.1) is 16.6 Å². The van der Waals surface area contributed by atoms with Crippen LogP contribution in [-0.4, -0.2) is 14.1 Å². The zero-order valence-corrected chi connectivity index (χ0v) is 20.0. The molecule has 0 atom stereocenters. The Morgan fingerprint density at radius 1 is 0.750 bits per heavy atom. The summed E-state index contributed by atoms with van der Waals surface area (Å²) in [7, 11) is 0. The number of fused-ring (bicyclic) bond motifs is 2. The zero-order chi connectivity index (χ0) is 24.5. The summed E-state index contributed by atoms with van der Waals surface area (Å²) in [6.07, 6.45) is 6.19. The van der Waals surface area contributed by atoms with E-state index in [4.69, 9.17) is 4.98 Å². The third-order valence-corrected chi connectivity index (χ3v) is 6.59. The molecule has 4 aromatic carbocycles. The quantitative estimate of drug-likeness (QED) is 0.278.